The number of nitrogens with one attached hydrogen (secondary N) is 1. The van der Waals surface area contributed by atoms with Crippen molar-refractivity contribution in [2.24, 2.45) is 5.84 Å². The number of carbonyl (C=O) groups excluding carboxylic acids is 1. The molecule has 2 heterocycles. The van der Waals surface area contributed by atoms with Crippen LogP contribution in [0.1, 0.15) is 16.1 Å². The van der Waals surface area contributed by atoms with Crippen LogP contribution in [0.5, 0.6) is 0 Å². The lowest BCUT2D eigenvalue weighted by molar-refractivity contribution is 0.0925. The summed E-state index contributed by atoms with van der Waals surface area (Å²) in [4.78, 5) is 11.3. The van der Waals surface area contributed by atoms with Gasteiger partial charge in [-0.3, -0.25) is 10.2 Å². The number of thioether (sulfide) groups is 1. The molecule has 0 aliphatic carbocycles. The number of hydrogen-bond acceptors (Lipinski definition) is 7. The van der Waals surface area contributed by atoms with E-state index in [9.17, 15) is 4.79 Å². The van der Waals surface area contributed by atoms with Crippen LogP contribution in [0.15, 0.2) is 26.6 Å². The lowest BCUT2D eigenvalue weighted by atomic mass is 10.3. The van der Waals surface area contributed by atoms with Crippen LogP contribution in [0.4, 0.5) is 0 Å². The molecule has 16 heavy (non-hydrogen) atoms. The molecule has 0 saturated heterocycles. The van der Waals surface area contributed by atoms with E-state index in [4.69, 9.17) is 10.3 Å². The Hall–Kier alpha value is -1.38. The minimum Gasteiger partial charge on any atom is -0.459 e. The molecule has 6 nitrogen and oxygen atoms in total. The maximum absolute atomic E-state index is 11.3. The highest BCUT2D eigenvalue weighted by atomic mass is 32.2. The molecule has 2 rings (SSSR count). The van der Waals surface area contributed by atoms with Gasteiger partial charge in [-0.25, -0.2) is 5.84 Å². The van der Waals surface area contributed by atoms with E-state index >= 15 is 0 Å². The fourth-order valence-corrected chi connectivity index (χ4v) is 2.55. The van der Waals surface area contributed by atoms with Gasteiger partial charge in [0.05, 0.1) is 6.26 Å². The number of carbonyl (C=O) groups is 1. The van der Waals surface area contributed by atoms with Crippen molar-refractivity contribution in [3.05, 3.63) is 29.2 Å². The quantitative estimate of drug-likeness (QED) is 0.367. The van der Waals surface area contributed by atoms with Gasteiger partial charge in [0.1, 0.15) is 5.51 Å². The molecule has 8 heteroatoms. The first-order valence-electron chi connectivity index (χ1n) is 4.27. The van der Waals surface area contributed by atoms with Crippen LogP contribution in [0.25, 0.3) is 0 Å². The van der Waals surface area contributed by atoms with Crippen LogP contribution in [-0.4, -0.2) is 16.1 Å². The molecular formula is C8H8N4O2S2. The zero-order chi connectivity index (χ0) is 11.4. The van der Waals surface area contributed by atoms with Crippen molar-refractivity contribution in [3.63, 3.8) is 0 Å². The molecule has 0 atom stereocenters. The highest BCUT2D eigenvalue weighted by Gasteiger charge is 2.14. The maximum Gasteiger partial charge on any atom is 0.301 e. The van der Waals surface area contributed by atoms with Gasteiger partial charge < -0.3 is 4.42 Å². The van der Waals surface area contributed by atoms with Gasteiger partial charge in [-0.1, -0.05) is 23.1 Å². The third kappa shape index (κ3) is 2.40. The monoisotopic (exact) mass is 256 g/mol. The first-order chi connectivity index (χ1) is 7.81. The van der Waals surface area contributed by atoms with Gasteiger partial charge in [-0.15, -0.1) is 10.2 Å². The zero-order valence-corrected chi connectivity index (χ0v) is 9.68. The lowest BCUT2D eigenvalue weighted by Gasteiger charge is -1.99. The van der Waals surface area contributed by atoms with Gasteiger partial charge in [0, 0.05) is 11.3 Å². The van der Waals surface area contributed by atoms with E-state index in [1.165, 1.54) is 29.4 Å². The summed E-state index contributed by atoms with van der Waals surface area (Å²) in [6.45, 7) is 0. The van der Waals surface area contributed by atoms with Crippen LogP contribution in [0.3, 0.4) is 0 Å². The fourth-order valence-electron chi connectivity index (χ4n) is 1.08. The topological polar surface area (TPSA) is 94.0 Å². The minimum absolute atomic E-state index is 0.236. The molecule has 3 N–H and O–H groups in total. The average Bonchev–Trinajstić information content (AvgIpc) is 2.96. The number of furan rings is 1. The smallest absolute Gasteiger partial charge is 0.301 e. The molecule has 1 amide bonds. The van der Waals surface area contributed by atoms with E-state index < -0.39 is 5.91 Å². The van der Waals surface area contributed by atoms with E-state index in [1.54, 1.807) is 11.6 Å². The van der Waals surface area contributed by atoms with Gasteiger partial charge in [-0.2, -0.15) is 0 Å². The number of amides is 1. The standard InChI is InChI=1S/C8H8N4O2S2/c9-11-7(13)6-5(1-2-14-6)3-15-8-12-10-4-16-8/h1-2,4H,3,9H2,(H,11,13). The third-order valence-corrected chi connectivity index (χ3v) is 3.68. The highest BCUT2D eigenvalue weighted by molar-refractivity contribution is 8.00. The van der Waals surface area contributed by atoms with E-state index in [2.05, 4.69) is 10.2 Å². The molecular weight excluding hydrogens is 248 g/mol. The molecule has 84 valence electrons. The van der Waals surface area contributed by atoms with E-state index in [0.717, 1.165) is 9.90 Å². The summed E-state index contributed by atoms with van der Waals surface area (Å²) in [5.74, 6) is 5.43. The Morgan fingerprint density at radius 2 is 2.56 bits per heavy atom. The Kier molecular flexibility index (Phi) is 3.54. The molecule has 0 bridgehead atoms. The predicted molar refractivity (Wildman–Crippen MR) is 59.8 cm³/mol. The van der Waals surface area contributed by atoms with Crippen LogP contribution in [-0.2, 0) is 5.75 Å². The first kappa shape index (κ1) is 11.1. The fraction of sp³-hybridized carbons (Fsp3) is 0.125. The van der Waals surface area contributed by atoms with Crippen LogP contribution in [0.2, 0.25) is 0 Å². The van der Waals surface area contributed by atoms with Crippen molar-refractivity contribution in [1.82, 2.24) is 15.6 Å². The van der Waals surface area contributed by atoms with Gasteiger partial charge >= 0.3 is 5.91 Å². The Labute approximate surface area is 99.2 Å². The normalized spacial score (nSPS) is 10.3. The summed E-state index contributed by atoms with van der Waals surface area (Å²) in [6, 6.07) is 1.73. The summed E-state index contributed by atoms with van der Waals surface area (Å²) in [5, 5.41) is 7.61. The minimum atomic E-state index is -0.433. The number of nitrogen functional groups attached to an aromatic ring is 1. The Balaban J connectivity index is 2.04. The molecule has 0 saturated carbocycles. The molecule has 0 spiro atoms. The highest BCUT2D eigenvalue weighted by Crippen LogP contribution is 2.25. The van der Waals surface area contributed by atoms with E-state index in [1.807, 2.05) is 5.43 Å². The van der Waals surface area contributed by atoms with Gasteiger partial charge in [0.15, 0.2) is 10.1 Å². The Bertz CT molecular complexity index is 468. The lowest BCUT2D eigenvalue weighted by Crippen LogP contribution is -2.30. The second-order valence-corrected chi connectivity index (χ2v) is 4.80. The number of hydrogen-bond donors (Lipinski definition) is 2. The summed E-state index contributed by atoms with van der Waals surface area (Å²) >= 11 is 2.94. The number of nitrogens with two attached hydrogens (primary N) is 1. The van der Waals surface area contributed by atoms with Crippen molar-refractivity contribution >= 4 is 29.0 Å². The second-order valence-electron chi connectivity index (χ2n) is 2.74. The first-order valence-corrected chi connectivity index (χ1v) is 6.14. The largest absolute Gasteiger partial charge is 0.459 e. The summed E-state index contributed by atoms with van der Waals surface area (Å²) in [5.41, 5.74) is 4.47. The van der Waals surface area contributed by atoms with Crippen LogP contribution >= 0.6 is 23.1 Å². The number of rotatable bonds is 4. The van der Waals surface area contributed by atoms with Crippen molar-refractivity contribution < 1.29 is 9.21 Å². The Morgan fingerprint density at radius 3 is 3.25 bits per heavy atom. The van der Waals surface area contributed by atoms with Gasteiger partial charge in [0.2, 0.25) is 0 Å². The molecule has 0 aliphatic rings. The predicted octanol–water partition coefficient (Wildman–Crippen LogP) is 1.03. The van der Waals surface area contributed by atoms with Crippen molar-refractivity contribution in [2.75, 3.05) is 0 Å². The number of aromatic nitrogens is 2. The summed E-state index contributed by atoms with van der Waals surface area (Å²) in [7, 11) is 0. The van der Waals surface area contributed by atoms with Crippen molar-refractivity contribution in [1.29, 1.82) is 0 Å². The van der Waals surface area contributed by atoms with E-state index in [0.29, 0.717) is 5.75 Å². The Morgan fingerprint density at radius 1 is 1.69 bits per heavy atom. The maximum atomic E-state index is 11.3. The molecule has 2 aromatic rings. The molecule has 0 fully saturated rings. The SMILES string of the molecule is NNC(=O)c1occc1CSc1nncs1. The second kappa shape index (κ2) is 5.10. The van der Waals surface area contributed by atoms with Crippen LogP contribution < -0.4 is 11.3 Å². The van der Waals surface area contributed by atoms with Crippen LogP contribution in [0, 0.1) is 0 Å². The zero-order valence-electron chi connectivity index (χ0n) is 8.04. The summed E-state index contributed by atoms with van der Waals surface area (Å²) < 4.78 is 5.90. The summed E-state index contributed by atoms with van der Waals surface area (Å²) in [6.07, 6.45) is 1.46. The molecule has 0 aromatic carbocycles. The van der Waals surface area contributed by atoms with E-state index in [-0.39, 0.29) is 5.76 Å². The molecule has 0 aliphatic heterocycles. The van der Waals surface area contributed by atoms with Gasteiger partial charge in [0.25, 0.3) is 0 Å². The number of hydrazine groups is 1. The molecule has 0 radical (unpaired) electrons. The van der Waals surface area contributed by atoms with Crippen molar-refractivity contribution in [2.45, 2.75) is 10.1 Å². The third-order valence-electron chi connectivity index (χ3n) is 1.78. The molecule has 0 unspecified atom stereocenters. The molecule has 2 aromatic heterocycles. The average molecular weight is 256 g/mol. The number of nitrogens with zero attached hydrogens (tertiary/aromatic N) is 2. The van der Waals surface area contributed by atoms with Gasteiger partial charge in [-0.05, 0) is 6.07 Å². The van der Waals surface area contributed by atoms with Crippen molar-refractivity contribution in [3.8, 4) is 0 Å².